The third-order valence-electron chi connectivity index (χ3n) is 3.39. The molecule has 0 aliphatic carbocycles. The number of carbonyl (C=O) groups is 6. The van der Waals surface area contributed by atoms with Crippen molar-refractivity contribution in [2.24, 2.45) is 0 Å². The summed E-state index contributed by atoms with van der Waals surface area (Å²) in [6.45, 7) is -3.23. The number of aliphatic hydroxyl groups is 3. The van der Waals surface area contributed by atoms with E-state index < -0.39 is 48.9 Å². The van der Waals surface area contributed by atoms with Crippen LogP contribution in [0.5, 0.6) is 0 Å². The minimum atomic E-state index is -1.38. The monoisotopic (exact) mass is 593 g/mol. The number of hydrogen-bond donors (Lipinski definition) is 7. The zero-order chi connectivity index (χ0) is 28.7. The van der Waals surface area contributed by atoms with Crippen molar-refractivity contribution in [3.63, 3.8) is 0 Å². The second-order valence-corrected chi connectivity index (χ2v) is 6.62. The van der Waals surface area contributed by atoms with E-state index >= 15 is 0 Å². The predicted octanol–water partition coefficient (Wildman–Crippen LogP) is -7.32. The Morgan fingerprint density at radius 1 is 0.459 bits per heavy atom. The molecule has 0 aliphatic heterocycles. The van der Waals surface area contributed by atoms with Gasteiger partial charge in [-0.15, -0.1) is 0 Å². The molecule has 0 aromatic heterocycles. The summed E-state index contributed by atoms with van der Waals surface area (Å²) in [4.78, 5) is 63.9. The molecule has 0 aromatic rings. The molecule has 0 aliphatic rings. The van der Waals surface area contributed by atoms with Crippen molar-refractivity contribution in [2.45, 2.75) is 0 Å². The Morgan fingerprint density at radius 3 is 0.784 bits per heavy atom. The molecular weight excluding hydrogens is 564 g/mol. The molecule has 37 heavy (non-hydrogen) atoms. The number of carboxylic acids is 6. The molecule has 0 unspecified atom stereocenters. The second kappa shape index (κ2) is 26.3. The molecule has 0 fully saturated rings. The van der Waals surface area contributed by atoms with Gasteiger partial charge in [0.15, 0.2) is 0 Å². The van der Waals surface area contributed by atoms with Crippen molar-refractivity contribution in [3.05, 3.63) is 0 Å². The van der Waals surface area contributed by atoms with E-state index in [2.05, 4.69) is 0 Å². The predicted molar refractivity (Wildman–Crippen MR) is 111 cm³/mol. The minimum Gasteiger partial charge on any atom is -0.549 e. The molecule has 210 valence electrons. The normalized spacial score (nSPS) is 9.89. The molecular formula is C18H31N3O15Zn. The first-order valence-electron chi connectivity index (χ1n) is 9.94. The van der Waals surface area contributed by atoms with Crippen LogP contribution in [0.25, 0.3) is 0 Å². The van der Waals surface area contributed by atoms with Crippen LogP contribution in [0.2, 0.25) is 0 Å². The van der Waals surface area contributed by atoms with Gasteiger partial charge >= 0.3 is 43.4 Å². The van der Waals surface area contributed by atoms with E-state index in [9.17, 15) is 39.0 Å². The number of aliphatic carboxylic acids is 6. The Labute approximate surface area is 223 Å². The summed E-state index contributed by atoms with van der Waals surface area (Å²) in [6, 6.07) is 0. The van der Waals surface area contributed by atoms with Crippen LogP contribution in [-0.4, -0.2) is 165 Å². The zero-order valence-electron chi connectivity index (χ0n) is 19.9. The van der Waals surface area contributed by atoms with Gasteiger partial charge in [0.25, 0.3) is 0 Å². The molecule has 0 radical (unpaired) electrons. The molecule has 0 saturated heterocycles. The van der Waals surface area contributed by atoms with Crippen molar-refractivity contribution in [2.75, 3.05) is 78.7 Å². The fourth-order valence-electron chi connectivity index (χ4n) is 2.20. The summed E-state index contributed by atoms with van der Waals surface area (Å²) in [5, 5.41) is 78.5. The van der Waals surface area contributed by atoms with E-state index in [1.165, 1.54) is 0 Å². The van der Waals surface area contributed by atoms with Crippen molar-refractivity contribution in [3.8, 4) is 0 Å². The maximum Gasteiger partial charge on any atom is 2.00 e. The van der Waals surface area contributed by atoms with Crippen LogP contribution in [0.1, 0.15) is 0 Å². The van der Waals surface area contributed by atoms with Crippen molar-refractivity contribution >= 4 is 35.8 Å². The first kappa shape index (κ1) is 41.3. The fourth-order valence-corrected chi connectivity index (χ4v) is 2.20. The Morgan fingerprint density at radius 2 is 0.649 bits per heavy atom. The van der Waals surface area contributed by atoms with Crippen molar-refractivity contribution in [1.82, 2.24) is 14.7 Å². The van der Waals surface area contributed by atoms with Crippen LogP contribution in [0, 0.1) is 0 Å². The number of aliphatic hydroxyl groups excluding tert-OH is 3. The number of hydrogen-bond acceptors (Lipinski definition) is 14. The SMILES string of the molecule is O=C(O)CN(CCO)CC(=O)O.O=C(O)CN(CCO)CC(=O)O.O=C([O-])CN(CCO)CC(=O)[O-].[Zn+2]. The molecule has 18 nitrogen and oxygen atoms in total. The van der Waals surface area contributed by atoms with Crippen molar-refractivity contribution < 1.29 is 94.2 Å². The van der Waals surface area contributed by atoms with Gasteiger partial charge in [0.2, 0.25) is 0 Å². The minimum absolute atomic E-state index is 0. The smallest absolute Gasteiger partial charge is 0.549 e. The largest absolute Gasteiger partial charge is 2.00 e. The average molecular weight is 595 g/mol. The van der Waals surface area contributed by atoms with E-state index in [1.807, 2.05) is 0 Å². The second-order valence-electron chi connectivity index (χ2n) is 6.62. The van der Waals surface area contributed by atoms with Crippen LogP contribution in [0.15, 0.2) is 0 Å². The number of carboxylic acid groups (broad SMARTS) is 6. The Kier molecular flexibility index (Phi) is 29.3. The van der Waals surface area contributed by atoms with Gasteiger partial charge in [0.05, 0.1) is 57.9 Å². The molecule has 0 atom stereocenters. The van der Waals surface area contributed by atoms with Gasteiger partial charge in [-0.1, -0.05) is 0 Å². The molecule has 0 bridgehead atoms. The molecule has 19 heteroatoms. The van der Waals surface area contributed by atoms with Gasteiger partial charge in [-0.3, -0.25) is 33.9 Å². The number of rotatable bonds is 18. The molecule has 0 heterocycles. The van der Waals surface area contributed by atoms with E-state index in [4.69, 9.17) is 35.7 Å². The topological polar surface area (TPSA) is 300 Å². The third kappa shape index (κ3) is 35.4. The molecule has 0 saturated carbocycles. The summed E-state index contributed by atoms with van der Waals surface area (Å²) in [7, 11) is 0. The van der Waals surface area contributed by atoms with Gasteiger partial charge in [-0.2, -0.15) is 0 Å². The molecule has 0 rings (SSSR count). The van der Waals surface area contributed by atoms with Crippen LogP contribution in [-0.2, 0) is 48.2 Å². The van der Waals surface area contributed by atoms with Gasteiger partial charge in [0, 0.05) is 32.7 Å². The summed E-state index contributed by atoms with van der Waals surface area (Å²) in [5.74, 6) is -7.20. The molecule has 0 aromatic carbocycles. The summed E-state index contributed by atoms with van der Waals surface area (Å²) in [6.07, 6.45) is 0. The Bertz CT molecular complexity index is 557. The first-order chi connectivity index (χ1) is 16.7. The van der Waals surface area contributed by atoms with Gasteiger partial charge in [-0.05, 0) is 0 Å². The first-order valence-corrected chi connectivity index (χ1v) is 9.94. The van der Waals surface area contributed by atoms with E-state index in [1.54, 1.807) is 0 Å². The standard InChI is InChI=1S/3C6H11NO5.Zn/c3*8-2-1-7(3-5(9)10)4-6(11)12;/h3*8H,1-4H2,(H,9,10)(H,11,12);/q;;;+2/p-2. The van der Waals surface area contributed by atoms with Crippen LogP contribution in [0.3, 0.4) is 0 Å². The van der Waals surface area contributed by atoms with E-state index in [-0.39, 0.29) is 85.1 Å². The number of nitrogens with zero attached hydrogens (tertiary/aromatic N) is 3. The van der Waals surface area contributed by atoms with E-state index in [0.29, 0.717) is 0 Å². The average Bonchev–Trinajstić information content (AvgIpc) is 2.66. The zero-order valence-corrected chi connectivity index (χ0v) is 22.9. The maximum atomic E-state index is 10.1. The van der Waals surface area contributed by atoms with Gasteiger partial charge < -0.3 is 55.5 Å². The summed E-state index contributed by atoms with van der Waals surface area (Å²) >= 11 is 0. The summed E-state index contributed by atoms with van der Waals surface area (Å²) < 4.78 is 0. The van der Waals surface area contributed by atoms with Crippen LogP contribution in [0.4, 0.5) is 0 Å². The van der Waals surface area contributed by atoms with Gasteiger partial charge in [0.1, 0.15) is 0 Å². The fraction of sp³-hybridized carbons (Fsp3) is 0.667. The third-order valence-corrected chi connectivity index (χ3v) is 3.39. The van der Waals surface area contributed by atoms with Crippen LogP contribution < -0.4 is 10.2 Å². The Hall–Kier alpha value is -2.80. The maximum absolute atomic E-state index is 10.1. The molecule has 7 N–H and O–H groups in total. The Balaban J connectivity index is -0.000000218. The number of carbonyl (C=O) groups excluding carboxylic acids is 2. The molecule has 0 spiro atoms. The van der Waals surface area contributed by atoms with Crippen molar-refractivity contribution in [1.29, 1.82) is 0 Å². The van der Waals surface area contributed by atoms with Gasteiger partial charge in [-0.25, -0.2) is 0 Å². The van der Waals surface area contributed by atoms with Crippen LogP contribution >= 0.6 is 0 Å². The summed E-state index contributed by atoms with van der Waals surface area (Å²) in [5.41, 5.74) is 0. The molecule has 0 amide bonds. The van der Waals surface area contributed by atoms with E-state index in [0.717, 1.165) is 14.7 Å². The quantitative estimate of drug-likeness (QED) is 0.0724.